The van der Waals surface area contributed by atoms with Crippen molar-refractivity contribution >= 4 is 5.97 Å². The molecule has 1 unspecified atom stereocenters. The zero-order chi connectivity index (χ0) is 16.2. The van der Waals surface area contributed by atoms with Gasteiger partial charge in [-0.25, -0.2) is 4.79 Å². The molecule has 0 aliphatic carbocycles. The van der Waals surface area contributed by atoms with Crippen LogP contribution in [0.4, 0.5) is 0 Å². The highest BCUT2D eigenvalue weighted by Gasteiger charge is 2.00. The molecule has 0 spiro atoms. The summed E-state index contributed by atoms with van der Waals surface area (Å²) in [6, 6.07) is 0. The van der Waals surface area contributed by atoms with E-state index in [1.807, 2.05) is 6.92 Å². The lowest BCUT2D eigenvalue weighted by atomic mass is 10.1. The van der Waals surface area contributed by atoms with E-state index in [9.17, 15) is 9.70 Å². The predicted molar refractivity (Wildman–Crippen MR) is 83.3 cm³/mol. The Morgan fingerprint density at radius 2 is 1.75 bits per heavy atom. The maximum atomic E-state index is 9.63. The van der Waals surface area contributed by atoms with Crippen LogP contribution in [-0.2, 0) is 9.63 Å². The van der Waals surface area contributed by atoms with E-state index in [-0.39, 0.29) is 6.10 Å². The van der Waals surface area contributed by atoms with E-state index in [1.165, 1.54) is 19.3 Å². The van der Waals surface area contributed by atoms with Gasteiger partial charge in [-0.3, -0.25) is 0 Å². The summed E-state index contributed by atoms with van der Waals surface area (Å²) in [6.07, 6.45) is 9.89. The Bertz CT molecular complexity index is 259. The van der Waals surface area contributed by atoms with Crippen LogP contribution in [-0.4, -0.2) is 17.2 Å². The van der Waals surface area contributed by atoms with Gasteiger partial charge in [0, 0.05) is 6.08 Å². The maximum Gasteiger partial charge on any atom is 0.327 e. The van der Waals surface area contributed by atoms with Gasteiger partial charge < -0.3 is 9.94 Å². The molecule has 0 aliphatic rings. The number of allylic oxidation sites excluding steroid dienone is 2. The van der Waals surface area contributed by atoms with Crippen molar-refractivity contribution < 1.29 is 14.7 Å². The Kier molecular flexibility index (Phi) is 25.9. The molecule has 5 heteroatoms. The highest BCUT2D eigenvalue weighted by atomic mass is 16.7. The van der Waals surface area contributed by atoms with E-state index in [0.29, 0.717) is 0 Å². The van der Waals surface area contributed by atoms with E-state index in [4.69, 9.17) is 5.11 Å². The van der Waals surface area contributed by atoms with Crippen LogP contribution < -0.4 is 0 Å². The van der Waals surface area contributed by atoms with Gasteiger partial charge in [0.1, 0.15) is 6.10 Å². The number of carboxylic acid groups (broad SMARTS) is 1. The van der Waals surface area contributed by atoms with Crippen molar-refractivity contribution in [3.05, 3.63) is 42.9 Å². The first-order valence-electron chi connectivity index (χ1n) is 6.57. The van der Waals surface area contributed by atoms with Crippen molar-refractivity contribution in [2.24, 2.45) is 5.34 Å². The zero-order valence-corrected chi connectivity index (χ0v) is 12.6. The van der Waals surface area contributed by atoms with Crippen LogP contribution in [0.15, 0.2) is 43.3 Å². The molecule has 0 radical (unpaired) electrons. The number of nitrogens with zero attached hydrogens (tertiary/aromatic N) is 1. The molecule has 0 saturated heterocycles. The highest BCUT2D eigenvalue weighted by Crippen LogP contribution is 2.07. The fourth-order valence-electron chi connectivity index (χ4n) is 0.985. The minimum absolute atomic E-state index is 0.00986. The van der Waals surface area contributed by atoms with E-state index in [2.05, 4.69) is 36.8 Å². The lowest BCUT2D eigenvalue weighted by Crippen LogP contribution is -2.02. The van der Waals surface area contributed by atoms with E-state index >= 15 is 0 Å². The van der Waals surface area contributed by atoms with E-state index < -0.39 is 5.97 Å². The fraction of sp³-hybridized carbons (Fsp3) is 0.533. The fourth-order valence-corrected chi connectivity index (χ4v) is 0.985. The topological polar surface area (TPSA) is 76.0 Å². The van der Waals surface area contributed by atoms with Crippen molar-refractivity contribution in [3.8, 4) is 0 Å². The summed E-state index contributed by atoms with van der Waals surface area (Å²) >= 11 is 0. The molecule has 0 aromatic heterocycles. The Morgan fingerprint density at radius 1 is 1.25 bits per heavy atom. The molecule has 116 valence electrons. The standard InChI is InChI=1S/C8H17NO2.C4H6.C3H4O2/c1-3-4-5-6-7-8(2)11-9-10;1-3-4-2;1-2-3(4)5/h8H,3-7H2,1-2H3;3-4H,1-2H2;2H,1H2,(H,4,5). The van der Waals surface area contributed by atoms with Crippen molar-refractivity contribution in [3.63, 3.8) is 0 Å². The molecule has 0 aromatic carbocycles. The second kappa shape index (κ2) is 22.3. The highest BCUT2D eigenvalue weighted by molar-refractivity contribution is 5.78. The number of carboxylic acids is 1. The summed E-state index contributed by atoms with van der Waals surface area (Å²) < 4.78 is 0. The predicted octanol–water partition coefficient (Wildman–Crippen LogP) is 4.66. The molecular formula is C15H27NO4. The van der Waals surface area contributed by atoms with Crippen LogP contribution in [0.1, 0.15) is 46.0 Å². The van der Waals surface area contributed by atoms with Gasteiger partial charge in [-0.15, -0.1) is 4.91 Å². The molecule has 0 amide bonds. The number of hydrogen-bond acceptors (Lipinski definition) is 4. The van der Waals surface area contributed by atoms with Crippen LogP contribution >= 0.6 is 0 Å². The largest absolute Gasteiger partial charge is 0.478 e. The Labute approximate surface area is 122 Å². The molecular weight excluding hydrogens is 258 g/mol. The monoisotopic (exact) mass is 285 g/mol. The van der Waals surface area contributed by atoms with Crippen molar-refractivity contribution in [2.75, 3.05) is 0 Å². The molecule has 0 fully saturated rings. The van der Waals surface area contributed by atoms with Crippen molar-refractivity contribution in [2.45, 2.75) is 52.1 Å². The summed E-state index contributed by atoms with van der Waals surface area (Å²) in [5.41, 5.74) is 0. The lowest BCUT2D eigenvalue weighted by Gasteiger charge is -2.05. The molecule has 1 atom stereocenters. The third-order valence-electron chi connectivity index (χ3n) is 2.03. The van der Waals surface area contributed by atoms with Gasteiger partial charge in [-0.2, -0.15) is 0 Å². The minimum Gasteiger partial charge on any atom is -0.478 e. The third kappa shape index (κ3) is 36.0. The van der Waals surface area contributed by atoms with Crippen LogP contribution in [0.3, 0.4) is 0 Å². The van der Waals surface area contributed by atoms with Crippen LogP contribution in [0, 0.1) is 4.91 Å². The van der Waals surface area contributed by atoms with Gasteiger partial charge >= 0.3 is 5.97 Å². The Hall–Kier alpha value is -1.91. The first-order chi connectivity index (χ1) is 9.49. The Morgan fingerprint density at radius 3 is 2.05 bits per heavy atom. The summed E-state index contributed by atoms with van der Waals surface area (Å²) in [4.78, 5) is 23.4. The molecule has 0 heterocycles. The maximum absolute atomic E-state index is 9.63. The van der Waals surface area contributed by atoms with Gasteiger partial charge in [0.25, 0.3) is 0 Å². The molecule has 20 heavy (non-hydrogen) atoms. The second-order valence-corrected chi connectivity index (χ2v) is 3.85. The number of carbonyl (C=O) groups is 1. The third-order valence-corrected chi connectivity index (χ3v) is 2.03. The van der Waals surface area contributed by atoms with E-state index in [0.717, 1.165) is 18.9 Å². The second-order valence-electron chi connectivity index (χ2n) is 3.85. The number of unbranched alkanes of at least 4 members (excludes halogenated alkanes) is 3. The first kappa shape index (κ1) is 23.2. The number of rotatable bonds is 9. The zero-order valence-electron chi connectivity index (χ0n) is 12.6. The van der Waals surface area contributed by atoms with Gasteiger partial charge in [0.15, 0.2) is 5.34 Å². The molecule has 0 bridgehead atoms. The average molecular weight is 285 g/mol. The minimum atomic E-state index is -0.981. The van der Waals surface area contributed by atoms with Gasteiger partial charge in [-0.05, 0) is 19.8 Å². The van der Waals surface area contributed by atoms with E-state index in [1.54, 1.807) is 12.2 Å². The molecule has 0 saturated carbocycles. The Balaban J connectivity index is -0.000000266. The summed E-state index contributed by atoms with van der Waals surface area (Å²) in [7, 11) is 0. The SMILES string of the molecule is C=CC(=O)O.C=CC=C.CCCCCCC(C)ON=O. The molecule has 0 rings (SSSR count). The van der Waals surface area contributed by atoms with Crippen LogP contribution in [0.2, 0.25) is 0 Å². The summed E-state index contributed by atoms with van der Waals surface area (Å²) in [6.45, 7) is 13.7. The normalized spacial score (nSPS) is 9.50. The summed E-state index contributed by atoms with van der Waals surface area (Å²) in [5, 5.41) is 9.99. The van der Waals surface area contributed by atoms with Crippen LogP contribution in [0.5, 0.6) is 0 Å². The van der Waals surface area contributed by atoms with Gasteiger partial charge in [0.2, 0.25) is 0 Å². The smallest absolute Gasteiger partial charge is 0.327 e. The van der Waals surface area contributed by atoms with Crippen molar-refractivity contribution in [1.82, 2.24) is 0 Å². The molecule has 0 aromatic rings. The van der Waals surface area contributed by atoms with Crippen molar-refractivity contribution in [1.29, 1.82) is 0 Å². The molecule has 1 N–H and O–H groups in total. The average Bonchev–Trinajstić information content (AvgIpc) is 2.45. The summed E-state index contributed by atoms with van der Waals surface area (Å²) in [5.74, 6) is -0.981. The number of hydrogen-bond donors (Lipinski definition) is 1. The lowest BCUT2D eigenvalue weighted by molar-refractivity contribution is -0.131. The quantitative estimate of drug-likeness (QED) is 0.220. The van der Waals surface area contributed by atoms with Crippen LogP contribution in [0.25, 0.3) is 0 Å². The van der Waals surface area contributed by atoms with Gasteiger partial charge in [0.05, 0.1) is 0 Å². The first-order valence-corrected chi connectivity index (χ1v) is 6.57. The molecule has 0 aliphatic heterocycles. The van der Waals surface area contributed by atoms with Gasteiger partial charge in [-0.1, -0.05) is 58.1 Å². The molecule has 5 nitrogen and oxygen atoms in total. The number of aliphatic carboxylic acids is 1.